The molecule has 2 atom stereocenters. The Kier molecular flexibility index (Phi) is 7.47. The Hall–Kier alpha value is -1.57. The normalized spacial score (nSPS) is 24.5. The van der Waals surface area contributed by atoms with Crippen LogP contribution in [0.5, 0.6) is 0 Å². The molecule has 1 amide bonds. The van der Waals surface area contributed by atoms with Crippen LogP contribution in [-0.4, -0.2) is 60.6 Å². The first-order valence-electron chi connectivity index (χ1n) is 10.3. The van der Waals surface area contributed by atoms with Crippen molar-refractivity contribution in [1.82, 2.24) is 9.80 Å². The third kappa shape index (κ3) is 6.22. The highest BCUT2D eigenvalue weighted by molar-refractivity contribution is 6.31. The van der Waals surface area contributed by atoms with Gasteiger partial charge in [-0.2, -0.15) is 13.2 Å². The van der Waals surface area contributed by atoms with E-state index in [2.05, 4.69) is 18.7 Å². The molecule has 0 bridgehead atoms. The molecule has 1 aromatic carbocycles. The quantitative estimate of drug-likeness (QED) is 0.630. The van der Waals surface area contributed by atoms with Crippen LogP contribution in [0.3, 0.4) is 0 Å². The minimum Gasteiger partial charge on any atom is -0.373 e. The number of carbonyl (C=O) groups is 1. The maximum absolute atomic E-state index is 13.0. The summed E-state index contributed by atoms with van der Waals surface area (Å²) in [6, 6.07) is 3.63. The van der Waals surface area contributed by atoms with Gasteiger partial charge in [0.1, 0.15) is 0 Å². The Morgan fingerprint density at radius 1 is 1.20 bits per heavy atom. The van der Waals surface area contributed by atoms with E-state index in [1.807, 2.05) is 0 Å². The highest BCUT2D eigenvalue weighted by Gasteiger charge is 2.33. The lowest BCUT2D eigenvalue weighted by Crippen LogP contribution is -2.48. The van der Waals surface area contributed by atoms with Crippen molar-refractivity contribution in [3.63, 3.8) is 0 Å². The van der Waals surface area contributed by atoms with Crippen molar-refractivity contribution in [3.8, 4) is 0 Å². The van der Waals surface area contributed by atoms with Crippen molar-refractivity contribution in [3.05, 3.63) is 40.4 Å². The van der Waals surface area contributed by atoms with E-state index in [4.69, 9.17) is 16.3 Å². The Morgan fingerprint density at radius 3 is 2.43 bits per heavy atom. The molecule has 2 aliphatic heterocycles. The summed E-state index contributed by atoms with van der Waals surface area (Å²) in [5.74, 6) is 0.367. The first-order chi connectivity index (χ1) is 14.1. The lowest BCUT2D eigenvalue weighted by Gasteiger charge is -2.39. The Labute approximate surface area is 180 Å². The summed E-state index contributed by atoms with van der Waals surface area (Å²) in [6.07, 6.45) is 0.573. The molecular weight excluding hydrogens is 417 g/mol. The molecule has 2 saturated heterocycles. The van der Waals surface area contributed by atoms with E-state index in [0.29, 0.717) is 24.6 Å². The van der Waals surface area contributed by atoms with Crippen LogP contribution < -0.4 is 0 Å². The molecule has 3 rings (SSSR count). The van der Waals surface area contributed by atoms with Crippen LogP contribution in [0.25, 0.3) is 6.08 Å². The molecule has 2 aliphatic rings. The predicted octanol–water partition coefficient (Wildman–Crippen LogP) is 4.72. The zero-order chi connectivity index (χ0) is 21.9. The second-order valence-electron chi connectivity index (χ2n) is 8.31. The number of amides is 1. The molecule has 0 N–H and O–H groups in total. The number of hydrogen-bond acceptors (Lipinski definition) is 3. The van der Waals surface area contributed by atoms with Crippen LogP contribution in [0.4, 0.5) is 13.2 Å². The standard InChI is InChI=1S/C22H28ClF3N2O2/c1-15-12-27(13-16(2)30-15)14-18-7-9-28(10-8-18)21(29)6-4-17-3-5-20(23)19(11-17)22(24,25)26/h3-6,11,15-16,18H,7-10,12-14H2,1-2H3/b6-4+. The average Bonchev–Trinajstić information content (AvgIpc) is 2.66. The van der Waals surface area contributed by atoms with Gasteiger partial charge in [-0.3, -0.25) is 9.69 Å². The molecule has 0 aliphatic carbocycles. The molecule has 166 valence electrons. The number of rotatable bonds is 4. The van der Waals surface area contributed by atoms with Gasteiger partial charge < -0.3 is 9.64 Å². The summed E-state index contributed by atoms with van der Waals surface area (Å²) in [6.45, 7) is 8.40. The molecule has 2 unspecified atom stereocenters. The molecule has 1 aromatic rings. The molecule has 0 radical (unpaired) electrons. The fourth-order valence-corrected chi connectivity index (χ4v) is 4.50. The van der Waals surface area contributed by atoms with Crippen LogP contribution in [-0.2, 0) is 15.7 Å². The van der Waals surface area contributed by atoms with Crippen molar-refractivity contribution < 1.29 is 22.7 Å². The first kappa shape index (κ1) is 23.1. The lowest BCUT2D eigenvalue weighted by molar-refractivity contribution is -0.137. The smallest absolute Gasteiger partial charge is 0.373 e. The third-order valence-electron chi connectivity index (χ3n) is 5.65. The van der Waals surface area contributed by atoms with Gasteiger partial charge in [0.15, 0.2) is 0 Å². The van der Waals surface area contributed by atoms with Crippen LogP contribution in [0, 0.1) is 5.92 Å². The van der Waals surface area contributed by atoms with Crippen LogP contribution in [0.15, 0.2) is 24.3 Å². The van der Waals surface area contributed by atoms with Crippen molar-refractivity contribution in [2.45, 2.75) is 45.1 Å². The zero-order valence-corrected chi connectivity index (χ0v) is 18.0. The maximum atomic E-state index is 13.0. The summed E-state index contributed by atoms with van der Waals surface area (Å²) in [5.41, 5.74) is -0.600. The molecule has 0 saturated carbocycles. The fourth-order valence-electron chi connectivity index (χ4n) is 4.27. The zero-order valence-electron chi connectivity index (χ0n) is 17.3. The highest BCUT2D eigenvalue weighted by atomic mass is 35.5. The van der Waals surface area contributed by atoms with Gasteiger partial charge in [-0.05, 0) is 56.4 Å². The second-order valence-corrected chi connectivity index (χ2v) is 8.72. The number of ether oxygens (including phenoxy) is 1. The lowest BCUT2D eigenvalue weighted by atomic mass is 9.95. The van der Waals surface area contributed by atoms with E-state index < -0.39 is 11.7 Å². The van der Waals surface area contributed by atoms with E-state index in [-0.39, 0.29) is 23.1 Å². The third-order valence-corrected chi connectivity index (χ3v) is 5.98. The molecule has 0 aromatic heterocycles. The van der Waals surface area contributed by atoms with Gasteiger partial charge in [0.25, 0.3) is 0 Å². The SMILES string of the molecule is CC1CN(CC2CCN(C(=O)/C=C/c3ccc(Cl)c(C(F)(F)F)c3)CC2)CC(C)O1. The second kappa shape index (κ2) is 9.71. The van der Waals surface area contributed by atoms with Gasteiger partial charge in [-0.1, -0.05) is 17.7 Å². The topological polar surface area (TPSA) is 32.8 Å². The van der Waals surface area contributed by atoms with Gasteiger partial charge in [0.2, 0.25) is 5.91 Å². The summed E-state index contributed by atoms with van der Waals surface area (Å²) in [4.78, 5) is 16.7. The number of benzene rings is 1. The molecule has 4 nitrogen and oxygen atoms in total. The van der Waals surface area contributed by atoms with Crippen molar-refractivity contribution in [1.29, 1.82) is 0 Å². The van der Waals surface area contributed by atoms with E-state index in [0.717, 1.165) is 38.5 Å². The highest BCUT2D eigenvalue weighted by Crippen LogP contribution is 2.35. The first-order valence-corrected chi connectivity index (χ1v) is 10.7. The molecule has 2 fully saturated rings. The number of halogens is 4. The summed E-state index contributed by atoms with van der Waals surface area (Å²) in [7, 11) is 0. The number of likely N-dealkylation sites (tertiary alicyclic amines) is 1. The Morgan fingerprint density at radius 2 is 1.83 bits per heavy atom. The number of carbonyl (C=O) groups excluding carboxylic acids is 1. The van der Waals surface area contributed by atoms with E-state index in [9.17, 15) is 18.0 Å². The largest absolute Gasteiger partial charge is 0.417 e. The number of piperidine rings is 1. The van der Waals surface area contributed by atoms with E-state index >= 15 is 0 Å². The van der Waals surface area contributed by atoms with Crippen LogP contribution in [0.1, 0.15) is 37.8 Å². The van der Waals surface area contributed by atoms with Crippen molar-refractivity contribution in [2.75, 3.05) is 32.7 Å². The number of nitrogens with zero attached hydrogens (tertiary/aromatic N) is 2. The van der Waals surface area contributed by atoms with Crippen LogP contribution >= 0.6 is 11.6 Å². The summed E-state index contributed by atoms with van der Waals surface area (Å²) in [5, 5.41) is -0.350. The molecule has 30 heavy (non-hydrogen) atoms. The molecular formula is C22H28ClF3N2O2. The minimum atomic E-state index is -4.52. The minimum absolute atomic E-state index is 0.175. The molecule has 0 spiro atoms. The van der Waals surface area contributed by atoms with Gasteiger partial charge in [0.05, 0.1) is 22.8 Å². The number of hydrogen-bond donors (Lipinski definition) is 0. The summed E-state index contributed by atoms with van der Waals surface area (Å²) >= 11 is 5.64. The number of alkyl halides is 3. The fraction of sp³-hybridized carbons (Fsp3) is 0.591. The predicted molar refractivity (Wildman–Crippen MR) is 111 cm³/mol. The van der Waals surface area contributed by atoms with Crippen molar-refractivity contribution in [2.24, 2.45) is 5.92 Å². The van der Waals surface area contributed by atoms with E-state index in [1.54, 1.807) is 4.90 Å². The van der Waals surface area contributed by atoms with Gasteiger partial charge >= 0.3 is 6.18 Å². The van der Waals surface area contributed by atoms with Gasteiger partial charge in [0, 0.05) is 38.8 Å². The Bertz CT molecular complexity index is 766. The maximum Gasteiger partial charge on any atom is 0.417 e. The van der Waals surface area contributed by atoms with Gasteiger partial charge in [-0.25, -0.2) is 0 Å². The van der Waals surface area contributed by atoms with Crippen molar-refractivity contribution >= 4 is 23.6 Å². The van der Waals surface area contributed by atoms with Crippen LogP contribution in [0.2, 0.25) is 5.02 Å². The number of morpholine rings is 1. The molecule has 8 heteroatoms. The summed E-state index contributed by atoms with van der Waals surface area (Å²) < 4.78 is 44.7. The Balaban J connectivity index is 1.51. The monoisotopic (exact) mass is 444 g/mol. The van der Waals surface area contributed by atoms with Gasteiger partial charge in [-0.15, -0.1) is 0 Å². The average molecular weight is 445 g/mol. The molecule has 2 heterocycles. The van der Waals surface area contributed by atoms with E-state index in [1.165, 1.54) is 24.3 Å².